The van der Waals surface area contributed by atoms with E-state index >= 15 is 0 Å². The van der Waals surface area contributed by atoms with E-state index in [1.165, 1.54) is 6.26 Å². The first-order valence-electron chi connectivity index (χ1n) is 3.18. The Labute approximate surface area is 56.1 Å². The van der Waals surface area contributed by atoms with Gasteiger partial charge in [0.1, 0.15) is 0 Å². The zero-order chi connectivity index (χ0) is 7.11. The number of rotatable bonds is 5. The van der Waals surface area contributed by atoms with E-state index in [0.29, 0.717) is 6.61 Å². The van der Waals surface area contributed by atoms with Crippen molar-refractivity contribution < 1.29 is 9.84 Å². The van der Waals surface area contributed by atoms with Crippen LogP contribution in [0.15, 0.2) is 12.8 Å². The number of hydrogen-bond acceptors (Lipinski definition) is 2. The summed E-state index contributed by atoms with van der Waals surface area (Å²) in [6.07, 6.45) is 2.90. The lowest BCUT2D eigenvalue weighted by molar-refractivity contribution is 0.161. The van der Waals surface area contributed by atoms with Crippen molar-refractivity contribution in [1.29, 1.82) is 0 Å². The van der Waals surface area contributed by atoms with Crippen LogP contribution in [-0.2, 0) is 4.74 Å². The molecular formula is C7H14O2. The van der Waals surface area contributed by atoms with Crippen LogP contribution in [0.4, 0.5) is 0 Å². The Morgan fingerprint density at radius 2 is 2.44 bits per heavy atom. The molecule has 0 bridgehead atoms. The largest absolute Gasteiger partial charge is 0.502 e. The van der Waals surface area contributed by atoms with E-state index in [1.54, 1.807) is 6.92 Å². The van der Waals surface area contributed by atoms with Gasteiger partial charge in [0.2, 0.25) is 0 Å². The first kappa shape index (κ1) is 8.50. The second kappa shape index (κ2) is 5.63. The summed E-state index contributed by atoms with van der Waals surface area (Å²) in [5.74, 6) is 0. The molecule has 0 amide bonds. The molecule has 0 aliphatic rings. The number of ether oxygens (including phenoxy) is 1. The molecule has 54 valence electrons. The molecule has 0 aliphatic heterocycles. The van der Waals surface area contributed by atoms with Gasteiger partial charge in [-0.1, -0.05) is 6.58 Å². The lowest BCUT2D eigenvalue weighted by Crippen LogP contribution is -2.00. The Morgan fingerprint density at radius 3 is 2.89 bits per heavy atom. The molecule has 0 saturated heterocycles. The molecule has 0 rings (SSSR count). The summed E-state index contributed by atoms with van der Waals surface area (Å²) >= 11 is 0. The minimum atomic E-state index is -0.210. The molecule has 0 saturated carbocycles. The molecule has 1 N–H and O–H groups in total. The van der Waals surface area contributed by atoms with Crippen LogP contribution in [0.2, 0.25) is 0 Å². The summed E-state index contributed by atoms with van der Waals surface area (Å²) in [5, 5.41) is 8.77. The van der Waals surface area contributed by atoms with E-state index in [0.717, 1.165) is 12.8 Å². The molecule has 0 aromatic carbocycles. The fourth-order valence-corrected chi connectivity index (χ4v) is 0.545. The van der Waals surface area contributed by atoms with Crippen LogP contribution >= 0.6 is 0 Å². The molecule has 1 unspecified atom stereocenters. The van der Waals surface area contributed by atoms with Crippen LogP contribution < -0.4 is 0 Å². The summed E-state index contributed by atoms with van der Waals surface area (Å²) in [6.45, 7) is 5.83. The first-order valence-corrected chi connectivity index (χ1v) is 3.18. The highest BCUT2D eigenvalue weighted by Gasteiger charge is 1.92. The van der Waals surface area contributed by atoms with Crippen LogP contribution in [0, 0.1) is 0 Å². The molecule has 1 atom stereocenters. The zero-order valence-electron chi connectivity index (χ0n) is 5.84. The van der Waals surface area contributed by atoms with Gasteiger partial charge in [-0.25, -0.2) is 0 Å². The van der Waals surface area contributed by atoms with Crippen LogP contribution in [0.1, 0.15) is 19.8 Å². The lowest BCUT2D eigenvalue weighted by atomic mass is 10.2. The Hall–Kier alpha value is -0.500. The Bertz CT molecular complexity index is 69.3. The molecule has 0 aromatic heterocycles. The average Bonchev–Trinajstić information content (AvgIpc) is 1.80. The molecule has 2 heteroatoms. The smallest absolute Gasteiger partial charge is 0.0873 e. The van der Waals surface area contributed by atoms with E-state index in [-0.39, 0.29) is 6.10 Å². The van der Waals surface area contributed by atoms with Gasteiger partial charge in [-0.3, -0.25) is 0 Å². The molecule has 0 radical (unpaired) electrons. The Morgan fingerprint density at radius 1 is 1.78 bits per heavy atom. The van der Waals surface area contributed by atoms with Crippen LogP contribution in [-0.4, -0.2) is 17.8 Å². The van der Waals surface area contributed by atoms with E-state index in [9.17, 15) is 0 Å². The van der Waals surface area contributed by atoms with Gasteiger partial charge in [-0.2, -0.15) is 0 Å². The van der Waals surface area contributed by atoms with Gasteiger partial charge >= 0.3 is 0 Å². The first-order chi connectivity index (χ1) is 4.27. The number of aliphatic hydroxyl groups excluding tert-OH is 1. The topological polar surface area (TPSA) is 29.5 Å². The molecule has 0 aromatic rings. The predicted molar refractivity (Wildman–Crippen MR) is 37.1 cm³/mol. The van der Waals surface area contributed by atoms with Crippen molar-refractivity contribution in [1.82, 2.24) is 0 Å². The third-order valence-electron chi connectivity index (χ3n) is 1.00. The number of aliphatic hydroxyl groups is 1. The summed E-state index contributed by atoms with van der Waals surface area (Å²) in [7, 11) is 0. The van der Waals surface area contributed by atoms with Crippen molar-refractivity contribution in [2.45, 2.75) is 25.9 Å². The summed E-state index contributed by atoms with van der Waals surface area (Å²) in [6, 6.07) is 0. The minimum Gasteiger partial charge on any atom is -0.502 e. The zero-order valence-corrected chi connectivity index (χ0v) is 5.84. The summed E-state index contributed by atoms with van der Waals surface area (Å²) < 4.78 is 4.84. The monoisotopic (exact) mass is 130 g/mol. The summed E-state index contributed by atoms with van der Waals surface area (Å²) in [5.41, 5.74) is 0. The van der Waals surface area contributed by atoms with Crippen molar-refractivity contribution in [2.75, 3.05) is 6.61 Å². The van der Waals surface area contributed by atoms with E-state index < -0.39 is 0 Å². The molecule has 0 aliphatic carbocycles. The van der Waals surface area contributed by atoms with Gasteiger partial charge in [0, 0.05) is 0 Å². The normalized spacial score (nSPS) is 12.7. The maximum atomic E-state index is 8.77. The van der Waals surface area contributed by atoms with Gasteiger partial charge in [0.25, 0.3) is 0 Å². The highest BCUT2D eigenvalue weighted by Crippen LogP contribution is 1.95. The SMILES string of the molecule is C=COCCCC(C)O. The highest BCUT2D eigenvalue weighted by atomic mass is 16.5. The summed E-state index contributed by atoms with van der Waals surface area (Å²) in [4.78, 5) is 0. The predicted octanol–water partition coefficient (Wildman–Crippen LogP) is 1.31. The molecule has 2 nitrogen and oxygen atoms in total. The van der Waals surface area contributed by atoms with Gasteiger partial charge in [0.05, 0.1) is 19.0 Å². The molecular weight excluding hydrogens is 116 g/mol. The quantitative estimate of drug-likeness (QED) is 0.449. The van der Waals surface area contributed by atoms with Gasteiger partial charge in [-0.15, -0.1) is 0 Å². The van der Waals surface area contributed by atoms with Crippen molar-refractivity contribution in [2.24, 2.45) is 0 Å². The standard InChI is InChI=1S/C7H14O2/c1-3-9-6-4-5-7(2)8/h3,7-8H,1,4-6H2,2H3. The highest BCUT2D eigenvalue weighted by molar-refractivity contribution is 4.51. The second-order valence-corrected chi connectivity index (χ2v) is 2.03. The third kappa shape index (κ3) is 7.50. The van der Waals surface area contributed by atoms with Gasteiger partial charge in [-0.05, 0) is 19.8 Å². The van der Waals surface area contributed by atoms with Crippen molar-refractivity contribution in [3.8, 4) is 0 Å². The minimum absolute atomic E-state index is 0.210. The maximum Gasteiger partial charge on any atom is 0.0873 e. The Kier molecular flexibility index (Phi) is 5.32. The Balaban J connectivity index is 2.82. The maximum absolute atomic E-state index is 8.77. The van der Waals surface area contributed by atoms with Crippen molar-refractivity contribution in [3.05, 3.63) is 12.8 Å². The van der Waals surface area contributed by atoms with E-state index in [2.05, 4.69) is 6.58 Å². The fraction of sp³-hybridized carbons (Fsp3) is 0.714. The molecule has 0 fully saturated rings. The van der Waals surface area contributed by atoms with E-state index in [1.807, 2.05) is 0 Å². The average molecular weight is 130 g/mol. The van der Waals surface area contributed by atoms with Gasteiger partial charge < -0.3 is 9.84 Å². The van der Waals surface area contributed by atoms with Crippen LogP contribution in [0.25, 0.3) is 0 Å². The van der Waals surface area contributed by atoms with Crippen LogP contribution in [0.5, 0.6) is 0 Å². The second-order valence-electron chi connectivity index (χ2n) is 2.03. The number of hydrogen-bond donors (Lipinski definition) is 1. The molecule has 0 heterocycles. The van der Waals surface area contributed by atoms with Crippen LogP contribution in [0.3, 0.4) is 0 Å². The third-order valence-corrected chi connectivity index (χ3v) is 1.00. The van der Waals surface area contributed by atoms with E-state index in [4.69, 9.17) is 9.84 Å². The molecule has 0 spiro atoms. The molecule has 9 heavy (non-hydrogen) atoms. The fourth-order valence-electron chi connectivity index (χ4n) is 0.545. The van der Waals surface area contributed by atoms with Crippen molar-refractivity contribution in [3.63, 3.8) is 0 Å². The lowest BCUT2D eigenvalue weighted by Gasteiger charge is -2.02. The van der Waals surface area contributed by atoms with Gasteiger partial charge in [0.15, 0.2) is 0 Å². The van der Waals surface area contributed by atoms with Crippen molar-refractivity contribution >= 4 is 0 Å².